The van der Waals surface area contributed by atoms with E-state index in [9.17, 15) is 9.59 Å². The number of nitrogens with one attached hydrogen (secondary N) is 2. The van der Waals surface area contributed by atoms with Gasteiger partial charge in [0.2, 0.25) is 0 Å². The van der Waals surface area contributed by atoms with Crippen molar-refractivity contribution in [1.82, 2.24) is 10.6 Å². The summed E-state index contributed by atoms with van der Waals surface area (Å²) in [4.78, 5) is 22.4. The largest absolute Gasteiger partial charge is 0.478 e. The van der Waals surface area contributed by atoms with Gasteiger partial charge in [-0.25, -0.2) is 9.59 Å². The Morgan fingerprint density at radius 3 is 2.38 bits per heavy atom. The SMILES string of the molecule is O=C(NCCc1ccc(C(=O)O)cc1)NCC1CCCC1. The van der Waals surface area contributed by atoms with Crippen molar-refractivity contribution in [3.63, 3.8) is 0 Å². The van der Waals surface area contributed by atoms with Gasteiger partial charge >= 0.3 is 12.0 Å². The molecule has 0 saturated heterocycles. The molecule has 114 valence electrons. The van der Waals surface area contributed by atoms with Crippen LogP contribution in [-0.2, 0) is 6.42 Å². The van der Waals surface area contributed by atoms with Crippen LogP contribution in [0.5, 0.6) is 0 Å². The summed E-state index contributed by atoms with van der Waals surface area (Å²) in [6, 6.07) is 6.60. The molecule has 0 heterocycles. The molecule has 0 aliphatic heterocycles. The van der Waals surface area contributed by atoms with Crippen molar-refractivity contribution >= 4 is 12.0 Å². The number of carboxylic acid groups (broad SMARTS) is 1. The summed E-state index contributed by atoms with van der Waals surface area (Å²) in [5.41, 5.74) is 1.29. The molecule has 1 aliphatic rings. The van der Waals surface area contributed by atoms with Gasteiger partial charge in [-0.05, 0) is 42.9 Å². The summed E-state index contributed by atoms with van der Waals surface area (Å²) in [5.74, 6) is -0.287. The highest BCUT2D eigenvalue weighted by atomic mass is 16.4. The first-order chi connectivity index (χ1) is 10.1. The fourth-order valence-corrected chi connectivity index (χ4v) is 2.65. The lowest BCUT2D eigenvalue weighted by atomic mass is 10.1. The number of hydrogen-bond acceptors (Lipinski definition) is 2. The smallest absolute Gasteiger partial charge is 0.335 e. The molecule has 0 bridgehead atoms. The van der Waals surface area contributed by atoms with E-state index in [1.165, 1.54) is 25.7 Å². The highest BCUT2D eigenvalue weighted by Crippen LogP contribution is 2.23. The predicted molar refractivity (Wildman–Crippen MR) is 80.5 cm³/mol. The maximum absolute atomic E-state index is 11.6. The van der Waals surface area contributed by atoms with E-state index in [4.69, 9.17) is 5.11 Å². The third kappa shape index (κ3) is 5.10. The number of hydrogen-bond donors (Lipinski definition) is 3. The zero-order chi connectivity index (χ0) is 15.1. The van der Waals surface area contributed by atoms with Crippen molar-refractivity contribution in [3.8, 4) is 0 Å². The van der Waals surface area contributed by atoms with E-state index < -0.39 is 5.97 Å². The fourth-order valence-electron chi connectivity index (χ4n) is 2.65. The van der Waals surface area contributed by atoms with Gasteiger partial charge in [-0.3, -0.25) is 0 Å². The molecule has 2 amide bonds. The van der Waals surface area contributed by atoms with Crippen LogP contribution in [0, 0.1) is 5.92 Å². The lowest BCUT2D eigenvalue weighted by Crippen LogP contribution is -2.38. The third-order valence-corrected chi connectivity index (χ3v) is 3.93. The molecule has 0 unspecified atom stereocenters. The average Bonchev–Trinajstić information content (AvgIpc) is 2.99. The van der Waals surface area contributed by atoms with E-state index in [2.05, 4.69) is 10.6 Å². The quantitative estimate of drug-likeness (QED) is 0.753. The van der Waals surface area contributed by atoms with Crippen molar-refractivity contribution in [3.05, 3.63) is 35.4 Å². The first kappa shape index (κ1) is 15.4. The van der Waals surface area contributed by atoms with Gasteiger partial charge in [-0.2, -0.15) is 0 Å². The number of aromatic carboxylic acids is 1. The highest BCUT2D eigenvalue weighted by molar-refractivity contribution is 5.87. The zero-order valence-electron chi connectivity index (χ0n) is 12.1. The topological polar surface area (TPSA) is 78.4 Å². The molecule has 0 aromatic heterocycles. The van der Waals surface area contributed by atoms with Crippen molar-refractivity contribution < 1.29 is 14.7 Å². The van der Waals surface area contributed by atoms with Crippen LogP contribution < -0.4 is 10.6 Å². The molecular formula is C16H22N2O3. The monoisotopic (exact) mass is 290 g/mol. The minimum Gasteiger partial charge on any atom is -0.478 e. The number of carboxylic acids is 1. The first-order valence-corrected chi connectivity index (χ1v) is 7.49. The lowest BCUT2D eigenvalue weighted by Gasteiger charge is -2.11. The molecular weight excluding hydrogens is 268 g/mol. The Morgan fingerprint density at radius 2 is 1.76 bits per heavy atom. The molecule has 1 saturated carbocycles. The maximum atomic E-state index is 11.6. The Balaban J connectivity index is 1.63. The molecule has 0 radical (unpaired) electrons. The second-order valence-electron chi connectivity index (χ2n) is 5.54. The molecule has 5 nitrogen and oxygen atoms in total. The van der Waals surface area contributed by atoms with E-state index in [-0.39, 0.29) is 11.6 Å². The van der Waals surface area contributed by atoms with Gasteiger partial charge in [0.1, 0.15) is 0 Å². The minimum absolute atomic E-state index is 0.121. The summed E-state index contributed by atoms with van der Waals surface area (Å²) in [6.45, 7) is 1.31. The number of benzene rings is 1. The summed E-state index contributed by atoms with van der Waals surface area (Å²) in [7, 11) is 0. The van der Waals surface area contributed by atoms with Crippen molar-refractivity contribution in [2.24, 2.45) is 5.92 Å². The van der Waals surface area contributed by atoms with Crippen LogP contribution in [0.3, 0.4) is 0 Å². The van der Waals surface area contributed by atoms with Crippen LogP contribution in [0.2, 0.25) is 0 Å². The second-order valence-corrected chi connectivity index (χ2v) is 5.54. The summed E-state index contributed by atoms with van der Waals surface area (Å²) in [5, 5.41) is 14.5. The van der Waals surface area contributed by atoms with Crippen LogP contribution in [-0.4, -0.2) is 30.2 Å². The van der Waals surface area contributed by atoms with Gasteiger partial charge in [-0.1, -0.05) is 25.0 Å². The van der Waals surface area contributed by atoms with E-state index >= 15 is 0 Å². The van der Waals surface area contributed by atoms with E-state index in [1.54, 1.807) is 24.3 Å². The number of urea groups is 1. The van der Waals surface area contributed by atoms with Crippen molar-refractivity contribution in [2.75, 3.05) is 13.1 Å². The molecule has 3 N–H and O–H groups in total. The molecule has 21 heavy (non-hydrogen) atoms. The third-order valence-electron chi connectivity index (χ3n) is 3.93. The number of rotatable bonds is 6. The Morgan fingerprint density at radius 1 is 1.10 bits per heavy atom. The average molecular weight is 290 g/mol. The van der Waals surface area contributed by atoms with Gasteiger partial charge < -0.3 is 15.7 Å². The van der Waals surface area contributed by atoms with E-state index in [0.29, 0.717) is 18.9 Å². The van der Waals surface area contributed by atoms with Crippen LogP contribution in [0.4, 0.5) is 4.79 Å². The van der Waals surface area contributed by atoms with Gasteiger partial charge in [0.15, 0.2) is 0 Å². The fraction of sp³-hybridized carbons (Fsp3) is 0.500. The van der Waals surface area contributed by atoms with Crippen molar-refractivity contribution in [2.45, 2.75) is 32.1 Å². The maximum Gasteiger partial charge on any atom is 0.335 e. The Kier molecular flexibility index (Phi) is 5.60. The minimum atomic E-state index is -0.925. The predicted octanol–water partition coefficient (Wildman–Crippen LogP) is 2.42. The molecule has 0 atom stereocenters. The number of amides is 2. The van der Waals surface area contributed by atoms with E-state index in [0.717, 1.165) is 12.1 Å². The molecule has 0 spiro atoms. The summed E-state index contributed by atoms with van der Waals surface area (Å²) in [6.07, 6.45) is 5.68. The normalized spacial score (nSPS) is 14.9. The molecule has 1 aromatic rings. The molecule has 2 rings (SSSR count). The first-order valence-electron chi connectivity index (χ1n) is 7.49. The van der Waals surface area contributed by atoms with Gasteiger partial charge in [0.25, 0.3) is 0 Å². The highest BCUT2D eigenvalue weighted by Gasteiger charge is 2.15. The lowest BCUT2D eigenvalue weighted by molar-refractivity contribution is 0.0697. The summed E-state index contributed by atoms with van der Waals surface area (Å²) < 4.78 is 0. The Bertz CT molecular complexity index is 479. The molecule has 1 fully saturated rings. The zero-order valence-corrected chi connectivity index (χ0v) is 12.1. The molecule has 5 heteroatoms. The number of carbonyl (C=O) groups excluding carboxylic acids is 1. The van der Waals surface area contributed by atoms with Crippen LogP contribution in [0.1, 0.15) is 41.6 Å². The second kappa shape index (κ2) is 7.67. The summed E-state index contributed by atoms with van der Waals surface area (Å²) >= 11 is 0. The molecule has 1 aromatic carbocycles. The van der Waals surface area contributed by atoms with Crippen LogP contribution in [0.15, 0.2) is 24.3 Å². The molecule has 1 aliphatic carbocycles. The van der Waals surface area contributed by atoms with Crippen LogP contribution >= 0.6 is 0 Å². The van der Waals surface area contributed by atoms with E-state index in [1.807, 2.05) is 0 Å². The standard InChI is InChI=1S/C16H22N2O3/c19-15(20)14-7-5-12(6-8-14)9-10-17-16(21)18-11-13-3-1-2-4-13/h5-8,13H,1-4,9-11H2,(H,19,20)(H2,17,18,21). The Labute approximate surface area is 124 Å². The number of carbonyl (C=O) groups is 2. The van der Waals surface area contributed by atoms with Crippen LogP contribution in [0.25, 0.3) is 0 Å². The van der Waals surface area contributed by atoms with Gasteiger partial charge in [-0.15, -0.1) is 0 Å². The van der Waals surface area contributed by atoms with Gasteiger partial charge in [0, 0.05) is 13.1 Å². The van der Waals surface area contributed by atoms with Gasteiger partial charge in [0.05, 0.1) is 5.56 Å². The Hall–Kier alpha value is -2.04. The van der Waals surface area contributed by atoms with Crippen molar-refractivity contribution in [1.29, 1.82) is 0 Å².